The van der Waals surface area contributed by atoms with Crippen LogP contribution in [0.3, 0.4) is 0 Å². The van der Waals surface area contributed by atoms with Gasteiger partial charge in [0.05, 0.1) is 22.5 Å². The average molecular weight is 513 g/mol. The van der Waals surface area contributed by atoms with Crippen LogP contribution in [0.2, 0.25) is 5.02 Å². The van der Waals surface area contributed by atoms with Crippen LogP contribution in [0.1, 0.15) is 19.4 Å². The Bertz CT molecular complexity index is 975. The first-order valence-corrected chi connectivity index (χ1v) is 9.92. The van der Waals surface area contributed by atoms with Crippen molar-refractivity contribution in [1.29, 1.82) is 0 Å². The number of amides is 3. The largest absolute Gasteiger partial charge is 0.493 e. The first-order valence-electron chi connectivity index (χ1n) is 8.47. The van der Waals surface area contributed by atoms with E-state index in [1.807, 2.05) is 19.9 Å². The minimum Gasteiger partial charge on any atom is -0.493 e. The Hall–Kier alpha value is -2.26. The molecule has 1 aliphatic rings. The fourth-order valence-electron chi connectivity index (χ4n) is 2.72. The molecule has 28 heavy (non-hydrogen) atoms. The monoisotopic (exact) mass is 512 g/mol. The Morgan fingerprint density at radius 1 is 1.21 bits per heavy atom. The van der Waals surface area contributed by atoms with E-state index in [4.69, 9.17) is 21.1 Å². The number of benzene rings is 2. The van der Waals surface area contributed by atoms with Gasteiger partial charge in [0.15, 0.2) is 11.5 Å². The fourth-order valence-corrected chi connectivity index (χ4v) is 3.66. The third-order valence-corrected chi connectivity index (χ3v) is 4.90. The number of methoxy groups -OCH3 is 1. The number of imide groups is 1. The SMILES string of the molecule is COc1cc(C=C2NC(=O)N(c3cccc(Cl)c3)C2=O)cc(I)c1OC(C)C. The predicted molar refractivity (Wildman–Crippen MR) is 117 cm³/mol. The van der Waals surface area contributed by atoms with Crippen LogP contribution in [0.5, 0.6) is 11.5 Å². The molecular weight excluding hydrogens is 495 g/mol. The van der Waals surface area contributed by atoms with Crippen LogP contribution in [0, 0.1) is 3.57 Å². The molecule has 0 unspecified atom stereocenters. The molecular formula is C20H18ClIN2O4. The van der Waals surface area contributed by atoms with Gasteiger partial charge in [-0.05, 0) is 78.4 Å². The highest BCUT2D eigenvalue weighted by atomic mass is 127. The van der Waals surface area contributed by atoms with E-state index in [2.05, 4.69) is 27.9 Å². The van der Waals surface area contributed by atoms with Crippen molar-refractivity contribution in [2.75, 3.05) is 12.0 Å². The molecule has 0 radical (unpaired) electrons. The van der Waals surface area contributed by atoms with Crippen molar-refractivity contribution >= 4 is 57.9 Å². The van der Waals surface area contributed by atoms with E-state index in [-0.39, 0.29) is 11.8 Å². The Kier molecular flexibility index (Phi) is 6.14. The van der Waals surface area contributed by atoms with E-state index < -0.39 is 11.9 Å². The van der Waals surface area contributed by atoms with Gasteiger partial charge >= 0.3 is 6.03 Å². The van der Waals surface area contributed by atoms with E-state index in [0.29, 0.717) is 27.8 Å². The summed E-state index contributed by atoms with van der Waals surface area (Å²) in [5, 5.41) is 3.05. The lowest BCUT2D eigenvalue weighted by molar-refractivity contribution is -0.113. The van der Waals surface area contributed by atoms with Crippen LogP contribution in [0.25, 0.3) is 6.08 Å². The lowest BCUT2D eigenvalue weighted by atomic mass is 10.1. The maximum atomic E-state index is 12.8. The van der Waals surface area contributed by atoms with Crippen molar-refractivity contribution in [2.24, 2.45) is 0 Å². The number of hydrogen-bond acceptors (Lipinski definition) is 4. The van der Waals surface area contributed by atoms with Crippen molar-refractivity contribution in [3.63, 3.8) is 0 Å². The molecule has 0 spiro atoms. The van der Waals surface area contributed by atoms with Gasteiger partial charge in [0, 0.05) is 5.02 Å². The van der Waals surface area contributed by atoms with Crippen LogP contribution < -0.4 is 19.7 Å². The van der Waals surface area contributed by atoms with Crippen LogP contribution >= 0.6 is 34.2 Å². The number of ether oxygens (including phenoxy) is 2. The molecule has 3 rings (SSSR count). The summed E-state index contributed by atoms with van der Waals surface area (Å²) in [6.07, 6.45) is 1.60. The minimum absolute atomic E-state index is 0.00595. The molecule has 0 atom stereocenters. The van der Waals surface area contributed by atoms with Crippen molar-refractivity contribution in [3.05, 3.63) is 56.3 Å². The zero-order valence-corrected chi connectivity index (χ0v) is 18.4. The molecule has 1 aliphatic heterocycles. The third kappa shape index (κ3) is 4.25. The minimum atomic E-state index is -0.528. The predicted octanol–water partition coefficient (Wildman–Crippen LogP) is 4.84. The lowest BCUT2D eigenvalue weighted by Gasteiger charge is -2.16. The molecule has 2 aromatic carbocycles. The number of halogens is 2. The van der Waals surface area contributed by atoms with Gasteiger partial charge in [-0.25, -0.2) is 9.69 Å². The second kappa shape index (κ2) is 8.40. The van der Waals surface area contributed by atoms with Gasteiger partial charge in [0.1, 0.15) is 5.70 Å². The van der Waals surface area contributed by atoms with Gasteiger partial charge in [0.25, 0.3) is 5.91 Å². The molecule has 3 amide bonds. The average Bonchev–Trinajstić information content (AvgIpc) is 2.90. The quantitative estimate of drug-likeness (QED) is 0.354. The van der Waals surface area contributed by atoms with Gasteiger partial charge in [-0.2, -0.15) is 0 Å². The Morgan fingerprint density at radius 2 is 1.96 bits per heavy atom. The highest BCUT2D eigenvalue weighted by Crippen LogP contribution is 2.35. The molecule has 8 heteroatoms. The number of rotatable bonds is 5. The Morgan fingerprint density at radius 3 is 2.61 bits per heavy atom. The molecule has 6 nitrogen and oxygen atoms in total. The number of carbonyl (C=O) groups excluding carboxylic acids is 2. The number of urea groups is 1. The molecule has 1 fully saturated rings. The summed E-state index contributed by atoms with van der Waals surface area (Å²) in [5.41, 5.74) is 1.28. The van der Waals surface area contributed by atoms with E-state index in [1.54, 1.807) is 43.5 Å². The number of carbonyl (C=O) groups is 2. The zero-order chi connectivity index (χ0) is 20.4. The van der Waals surface area contributed by atoms with Gasteiger partial charge < -0.3 is 14.8 Å². The van der Waals surface area contributed by atoms with Crippen LogP contribution in [-0.4, -0.2) is 25.2 Å². The van der Waals surface area contributed by atoms with E-state index >= 15 is 0 Å². The highest BCUT2D eigenvalue weighted by Gasteiger charge is 2.35. The van der Waals surface area contributed by atoms with E-state index in [1.165, 1.54) is 0 Å². The van der Waals surface area contributed by atoms with Gasteiger partial charge in [0.2, 0.25) is 0 Å². The van der Waals surface area contributed by atoms with E-state index in [9.17, 15) is 9.59 Å². The molecule has 2 aromatic rings. The highest BCUT2D eigenvalue weighted by molar-refractivity contribution is 14.1. The summed E-state index contributed by atoms with van der Waals surface area (Å²) in [6.45, 7) is 3.87. The van der Waals surface area contributed by atoms with Crippen LogP contribution in [0.4, 0.5) is 10.5 Å². The standard InChI is InChI=1S/C20H18ClIN2O4/c1-11(2)28-18-15(22)7-12(9-17(18)27-3)8-16-19(25)24(20(26)23-16)14-6-4-5-13(21)10-14/h4-11H,1-3H3,(H,23,26). The molecule has 0 saturated carbocycles. The summed E-state index contributed by atoms with van der Waals surface area (Å²) in [4.78, 5) is 26.1. The zero-order valence-electron chi connectivity index (χ0n) is 15.5. The number of anilines is 1. The molecule has 1 heterocycles. The maximum absolute atomic E-state index is 12.8. The van der Waals surface area contributed by atoms with Crippen molar-refractivity contribution in [3.8, 4) is 11.5 Å². The molecule has 1 N–H and O–H groups in total. The molecule has 0 aliphatic carbocycles. The number of nitrogens with zero attached hydrogens (tertiary/aromatic N) is 1. The second-order valence-electron chi connectivity index (χ2n) is 6.31. The summed E-state index contributed by atoms with van der Waals surface area (Å²) < 4.78 is 12.1. The van der Waals surface area contributed by atoms with E-state index in [0.717, 1.165) is 8.47 Å². The number of nitrogens with one attached hydrogen (secondary N) is 1. The first kappa shape index (κ1) is 20.5. The van der Waals surface area contributed by atoms with Gasteiger partial charge in [-0.1, -0.05) is 17.7 Å². The van der Waals surface area contributed by atoms with Gasteiger partial charge in [-0.3, -0.25) is 4.79 Å². The first-order chi connectivity index (χ1) is 13.3. The number of hydrogen-bond donors (Lipinski definition) is 1. The third-order valence-electron chi connectivity index (χ3n) is 3.86. The van der Waals surface area contributed by atoms with Crippen LogP contribution in [0.15, 0.2) is 42.1 Å². The molecule has 1 saturated heterocycles. The Labute approximate surface area is 181 Å². The summed E-state index contributed by atoms with van der Waals surface area (Å²) in [5.74, 6) is 0.738. The van der Waals surface area contributed by atoms with Crippen molar-refractivity contribution in [1.82, 2.24) is 5.32 Å². The normalized spacial score (nSPS) is 15.4. The Balaban J connectivity index is 1.95. The summed E-state index contributed by atoms with van der Waals surface area (Å²) >= 11 is 8.13. The molecule has 146 valence electrons. The molecule has 0 bridgehead atoms. The maximum Gasteiger partial charge on any atom is 0.333 e. The van der Waals surface area contributed by atoms with Crippen molar-refractivity contribution in [2.45, 2.75) is 20.0 Å². The fraction of sp³-hybridized carbons (Fsp3) is 0.200. The lowest BCUT2D eigenvalue weighted by Crippen LogP contribution is -2.30. The topological polar surface area (TPSA) is 67.9 Å². The smallest absolute Gasteiger partial charge is 0.333 e. The second-order valence-corrected chi connectivity index (χ2v) is 7.91. The summed E-state index contributed by atoms with van der Waals surface area (Å²) in [7, 11) is 1.55. The molecule has 0 aromatic heterocycles. The van der Waals surface area contributed by atoms with Crippen LogP contribution in [-0.2, 0) is 4.79 Å². The summed E-state index contributed by atoms with van der Waals surface area (Å²) in [6, 6.07) is 9.65. The van der Waals surface area contributed by atoms with Gasteiger partial charge in [-0.15, -0.1) is 0 Å². The van der Waals surface area contributed by atoms with Crippen molar-refractivity contribution < 1.29 is 19.1 Å².